The van der Waals surface area contributed by atoms with Gasteiger partial charge in [-0.15, -0.1) is 0 Å². The van der Waals surface area contributed by atoms with Crippen molar-refractivity contribution in [2.45, 2.75) is 65.4 Å². The zero-order valence-electron chi connectivity index (χ0n) is 11.0. The van der Waals surface area contributed by atoms with Crippen molar-refractivity contribution in [2.75, 3.05) is 6.61 Å². The lowest BCUT2D eigenvalue weighted by Crippen LogP contribution is -2.32. The minimum Gasteiger partial charge on any atom is -0.371 e. The molecule has 1 unspecified atom stereocenters. The Morgan fingerprint density at radius 1 is 1.19 bits per heavy atom. The molecule has 1 fully saturated rings. The van der Waals surface area contributed by atoms with Gasteiger partial charge in [0.05, 0.1) is 0 Å². The largest absolute Gasteiger partial charge is 0.371 e. The number of ketones is 1. The average Bonchev–Trinajstić information content (AvgIpc) is 2.35. The summed E-state index contributed by atoms with van der Waals surface area (Å²) in [6, 6.07) is 0. The summed E-state index contributed by atoms with van der Waals surface area (Å²) in [7, 11) is 0. The molecule has 0 heterocycles. The Morgan fingerprint density at radius 3 is 2.25 bits per heavy atom. The van der Waals surface area contributed by atoms with Gasteiger partial charge in [0.25, 0.3) is 0 Å². The van der Waals surface area contributed by atoms with Crippen LogP contribution in [0.3, 0.4) is 0 Å². The van der Waals surface area contributed by atoms with Crippen LogP contribution < -0.4 is 0 Å². The highest BCUT2D eigenvalue weighted by atomic mass is 16.5. The molecule has 1 atom stereocenters. The van der Waals surface area contributed by atoms with Crippen LogP contribution in [0.5, 0.6) is 0 Å². The monoisotopic (exact) mass is 226 g/mol. The van der Waals surface area contributed by atoms with E-state index >= 15 is 0 Å². The molecule has 0 aromatic carbocycles. The maximum Gasteiger partial charge on any atom is 0.164 e. The Balaban J connectivity index is 2.42. The smallest absolute Gasteiger partial charge is 0.164 e. The van der Waals surface area contributed by atoms with Gasteiger partial charge in [0.1, 0.15) is 6.10 Å². The third-order valence-corrected chi connectivity index (χ3v) is 3.88. The van der Waals surface area contributed by atoms with Crippen LogP contribution in [-0.2, 0) is 9.53 Å². The number of hydrogen-bond donors (Lipinski definition) is 0. The van der Waals surface area contributed by atoms with E-state index < -0.39 is 0 Å². The predicted molar refractivity (Wildman–Crippen MR) is 66.5 cm³/mol. The van der Waals surface area contributed by atoms with Gasteiger partial charge in [0, 0.05) is 12.5 Å². The molecule has 1 rings (SSSR count). The minimum absolute atomic E-state index is 0.145. The Labute approximate surface area is 99.8 Å². The predicted octanol–water partition coefficient (Wildman–Crippen LogP) is 3.59. The lowest BCUT2D eigenvalue weighted by molar-refractivity contribution is -0.135. The third kappa shape index (κ3) is 3.58. The summed E-state index contributed by atoms with van der Waals surface area (Å²) in [5.41, 5.74) is 0. The van der Waals surface area contributed by atoms with Gasteiger partial charge in [0.15, 0.2) is 5.78 Å². The van der Waals surface area contributed by atoms with Gasteiger partial charge in [-0.05, 0) is 44.9 Å². The molecule has 2 nitrogen and oxygen atoms in total. The van der Waals surface area contributed by atoms with Crippen LogP contribution in [0.1, 0.15) is 59.3 Å². The fraction of sp³-hybridized carbons (Fsp3) is 0.929. The zero-order valence-corrected chi connectivity index (χ0v) is 11.0. The summed E-state index contributed by atoms with van der Waals surface area (Å²) in [5, 5.41) is 0. The van der Waals surface area contributed by atoms with E-state index in [9.17, 15) is 4.79 Å². The molecule has 0 radical (unpaired) electrons. The van der Waals surface area contributed by atoms with Crippen LogP contribution in [0, 0.1) is 11.8 Å². The summed E-state index contributed by atoms with van der Waals surface area (Å²) in [6.45, 7) is 6.90. The average molecular weight is 226 g/mol. The van der Waals surface area contributed by atoms with Crippen molar-refractivity contribution in [1.29, 1.82) is 0 Å². The lowest BCUT2D eigenvalue weighted by Gasteiger charge is -2.29. The molecule has 0 N–H and O–H groups in total. The SMILES string of the molecule is CCOC(CC)C(=O)C1CCC(CC)CC1. The summed E-state index contributed by atoms with van der Waals surface area (Å²) in [5.74, 6) is 1.49. The molecule has 0 aromatic rings. The van der Waals surface area contributed by atoms with E-state index in [2.05, 4.69) is 6.92 Å². The summed E-state index contributed by atoms with van der Waals surface area (Å²) in [4.78, 5) is 12.2. The number of carbonyl (C=O) groups excluding carboxylic acids is 1. The van der Waals surface area contributed by atoms with Crippen LogP contribution >= 0.6 is 0 Å². The van der Waals surface area contributed by atoms with Crippen molar-refractivity contribution in [3.63, 3.8) is 0 Å². The second-order valence-electron chi connectivity index (χ2n) is 4.88. The van der Waals surface area contributed by atoms with E-state index in [0.29, 0.717) is 12.4 Å². The number of Topliss-reactive ketones (excluding diaryl/α,β-unsaturated/α-hetero) is 1. The van der Waals surface area contributed by atoms with Crippen molar-refractivity contribution in [3.8, 4) is 0 Å². The van der Waals surface area contributed by atoms with Crippen LogP contribution in [0.2, 0.25) is 0 Å². The van der Waals surface area contributed by atoms with Crippen molar-refractivity contribution < 1.29 is 9.53 Å². The molecule has 0 spiro atoms. The molecule has 0 bridgehead atoms. The molecule has 16 heavy (non-hydrogen) atoms. The van der Waals surface area contributed by atoms with Gasteiger partial charge >= 0.3 is 0 Å². The third-order valence-electron chi connectivity index (χ3n) is 3.88. The first kappa shape index (κ1) is 13.7. The molecule has 0 amide bonds. The molecule has 0 saturated heterocycles. The Morgan fingerprint density at radius 2 is 1.81 bits per heavy atom. The van der Waals surface area contributed by atoms with E-state index in [0.717, 1.165) is 25.2 Å². The number of carbonyl (C=O) groups is 1. The number of hydrogen-bond acceptors (Lipinski definition) is 2. The Hall–Kier alpha value is -0.370. The quantitative estimate of drug-likeness (QED) is 0.692. The highest BCUT2D eigenvalue weighted by Gasteiger charge is 2.29. The standard InChI is InChI=1S/C14H26O2/c1-4-11-7-9-12(10-8-11)14(15)13(5-2)16-6-3/h11-13H,4-10H2,1-3H3. The maximum atomic E-state index is 12.2. The van der Waals surface area contributed by atoms with Crippen molar-refractivity contribution in [3.05, 3.63) is 0 Å². The van der Waals surface area contributed by atoms with Crippen molar-refractivity contribution >= 4 is 5.78 Å². The highest BCUT2D eigenvalue weighted by Crippen LogP contribution is 2.32. The van der Waals surface area contributed by atoms with Gasteiger partial charge in [-0.3, -0.25) is 4.79 Å². The first-order chi connectivity index (χ1) is 7.72. The minimum atomic E-state index is -0.145. The van der Waals surface area contributed by atoms with E-state index in [-0.39, 0.29) is 12.0 Å². The van der Waals surface area contributed by atoms with Gasteiger partial charge < -0.3 is 4.74 Å². The zero-order chi connectivity index (χ0) is 12.0. The van der Waals surface area contributed by atoms with Gasteiger partial charge in [-0.2, -0.15) is 0 Å². The summed E-state index contributed by atoms with van der Waals surface area (Å²) < 4.78 is 5.51. The number of rotatable bonds is 6. The van der Waals surface area contributed by atoms with Gasteiger partial charge in [0.2, 0.25) is 0 Å². The van der Waals surface area contributed by atoms with Crippen LogP contribution in [0.25, 0.3) is 0 Å². The van der Waals surface area contributed by atoms with E-state index in [4.69, 9.17) is 4.74 Å². The van der Waals surface area contributed by atoms with Crippen LogP contribution in [0.4, 0.5) is 0 Å². The fourth-order valence-corrected chi connectivity index (χ4v) is 2.72. The van der Waals surface area contributed by atoms with Crippen LogP contribution in [-0.4, -0.2) is 18.5 Å². The van der Waals surface area contributed by atoms with Gasteiger partial charge in [-0.25, -0.2) is 0 Å². The van der Waals surface area contributed by atoms with Crippen LogP contribution in [0.15, 0.2) is 0 Å². The normalized spacial score (nSPS) is 27.7. The first-order valence-electron chi connectivity index (χ1n) is 6.88. The highest BCUT2D eigenvalue weighted by molar-refractivity contribution is 5.85. The fourth-order valence-electron chi connectivity index (χ4n) is 2.72. The van der Waals surface area contributed by atoms with E-state index in [1.165, 1.54) is 19.3 Å². The molecule has 1 saturated carbocycles. The van der Waals surface area contributed by atoms with E-state index in [1.807, 2.05) is 13.8 Å². The molecule has 1 aliphatic rings. The Kier molecular flexibility index (Phi) is 6.04. The molecule has 2 heteroatoms. The molecule has 94 valence electrons. The van der Waals surface area contributed by atoms with Crippen molar-refractivity contribution in [2.24, 2.45) is 11.8 Å². The molecular weight excluding hydrogens is 200 g/mol. The maximum absolute atomic E-state index is 12.2. The second-order valence-corrected chi connectivity index (χ2v) is 4.88. The molecule has 0 aromatic heterocycles. The second kappa shape index (κ2) is 7.05. The number of ether oxygens (including phenoxy) is 1. The molecular formula is C14H26O2. The van der Waals surface area contributed by atoms with Gasteiger partial charge in [-0.1, -0.05) is 20.3 Å². The first-order valence-corrected chi connectivity index (χ1v) is 6.88. The topological polar surface area (TPSA) is 26.3 Å². The van der Waals surface area contributed by atoms with E-state index in [1.54, 1.807) is 0 Å². The lowest BCUT2D eigenvalue weighted by atomic mass is 9.78. The van der Waals surface area contributed by atoms with Crippen molar-refractivity contribution in [1.82, 2.24) is 0 Å². The summed E-state index contributed by atoms with van der Waals surface area (Å²) in [6.07, 6.45) is 6.57. The molecule has 1 aliphatic carbocycles. The molecule has 0 aliphatic heterocycles. The Bertz CT molecular complexity index is 205. The summed E-state index contributed by atoms with van der Waals surface area (Å²) >= 11 is 0.